The van der Waals surface area contributed by atoms with E-state index in [-0.39, 0.29) is 23.8 Å². The number of hydrogen-bond donors (Lipinski definition) is 4. The molecule has 1 amide bonds. The van der Waals surface area contributed by atoms with Gasteiger partial charge in [0.1, 0.15) is 17.0 Å². The number of nitrogens with one attached hydrogen (secondary N) is 1. The lowest BCUT2D eigenvalue weighted by Gasteiger charge is -2.34. The summed E-state index contributed by atoms with van der Waals surface area (Å²) in [6.45, 7) is 6.66. The Morgan fingerprint density at radius 2 is 1.95 bits per heavy atom. The van der Waals surface area contributed by atoms with Crippen LogP contribution >= 0.6 is 0 Å². The van der Waals surface area contributed by atoms with E-state index in [2.05, 4.69) is 25.4 Å². The van der Waals surface area contributed by atoms with Crippen LogP contribution in [0.5, 0.6) is 5.75 Å². The van der Waals surface area contributed by atoms with Crippen LogP contribution in [0, 0.1) is 0 Å². The molecule has 1 atom stereocenters. The molecule has 198 valence electrons. The third kappa shape index (κ3) is 6.06. The normalized spacial score (nSPS) is 18.6. The molecule has 1 unspecified atom stereocenters. The van der Waals surface area contributed by atoms with Gasteiger partial charge in [-0.15, -0.1) is 0 Å². The van der Waals surface area contributed by atoms with Crippen molar-refractivity contribution in [2.75, 3.05) is 18.4 Å². The molecule has 13 nitrogen and oxygen atoms in total. The molecule has 2 fully saturated rings. The standard InChI is InChI=1S/C24H31N7O6/c1-23(2,3)37-22(32)30-10-4-5-15(13-30)27-21-25-9-8-16(28-21)17-12-26-19-11-18(36-24(33,34)35)20(14-6-7-14)29-31(17)19/h8-9,11-12,14-15,33-35H,4-7,10,13H2,1-3H3,(H,25,27,28). The van der Waals surface area contributed by atoms with Gasteiger partial charge >= 0.3 is 12.3 Å². The summed E-state index contributed by atoms with van der Waals surface area (Å²) in [5.41, 5.74) is 1.50. The Labute approximate surface area is 213 Å². The molecule has 4 N–H and O–H groups in total. The highest BCUT2D eigenvalue weighted by atomic mass is 16.9. The van der Waals surface area contributed by atoms with Crippen molar-refractivity contribution in [2.45, 2.75) is 70.2 Å². The van der Waals surface area contributed by atoms with Gasteiger partial charge in [-0.1, -0.05) is 0 Å². The average molecular weight is 514 g/mol. The van der Waals surface area contributed by atoms with Crippen molar-refractivity contribution in [2.24, 2.45) is 0 Å². The van der Waals surface area contributed by atoms with E-state index in [1.807, 2.05) is 20.8 Å². The van der Waals surface area contributed by atoms with Gasteiger partial charge in [-0.2, -0.15) is 5.10 Å². The second-order valence-electron chi connectivity index (χ2n) is 10.4. The maximum absolute atomic E-state index is 12.5. The molecule has 1 aliphatic heterocycles. The Morgan fingerprint density at radius 3 is 2.65 bits per heavy atom. The Hall–Kier alpha value is -3.55. The Bertz CT molecular complexity index is 1290. The topological polar surface area (TPSA) is 167 Å². The molecule has 3 aromatic rings. The Balaban J connectivity index is 1.36. The summed E-state index contributed by atoms with van der Waals surface area (Å²) in [5, 5.41) is 35.8. The highest BCUT2D eigenvalue weighted by Crippen LogP contribution is 2.44. The molecule has 0 aromatic carbocycles. The lowest BCUT2D eigenvalue weighted by Crippen LogP contribution is -2.47. The summed E-state index contributed by atoms with van der Waals surface area (Å²) >= 11 is 0. The van der Waals surface area contributed by atoms with E-state index in [1.165, 1.54) is 6.07 Å². The number of fused-ring (bicyclic) bond motifs is 1. The van der Waals surface area contributed by atoms with Crippen LogP contribution in [-0.2, 0) is 4.74 Å². The molecule has 1 aliphatic carbocycles. The zero-order chi connectivity index (χ0) is 26.4. The van der Waals surface area contributed by atoms with Crippen molar-refractivity contribution < 1.29 is 29.6 Å². The molecule has 2 aliphatic rings. The number of aliphatic hydroxyl groups is 3. The van der Waals surface area contributed by atoms with Gasteiger partial charge in [-0.3, -0.25) is 0 Å². The first kappa shape index (κ1) is 25.1. The third-order valence-electron chi connectivity index (χ3n) is 6.02. The summed E-state index contributed by atoms with van der Waals surface area (Å²) in [6, 6.07) is 3.20. The average Bonchev–Trinajstić information content (AvgIpc) is 3.56. The fraction of sp³-hybridized carbons (Fsp3) is 0.542. The first-order valence-electron chi connectivity index (χ1n) is 12.3. The number of anilines is 1. The zero-order valence-electron chi connectivity index (χ0n) is 21.0. The number of hydrogen-bond acceptors (Lipinski definition) is 11. The summed E-state index contributed by atoms with van der Waals surface area (Å²) in [7, 11) is 0. The van der Waals surface area contributed by atoms with Gasteiger partial charge in [0.15, 0.2) is 11.4 Å². The smallest absolute Gasteiger partial charge is 0.444 e. The Kier molecular flexibility index (Phi) is 6.38. The second kappa shape index (κ2) is 9.39. The van der Waals surface area contributed by atoms with Crippen LogP contribution in [0.15, 0.2) is 24.5 Å². The number of aromatic nitrogens is 5. The summed E-state index contributed by atoms with van der Waals surface area (Å²) in [5.74, 6) is 0.548. The van der Waals surface area contributed by atoms with E-state index >= 15 is 0 Å². The molecule has 0 bridgehead atoms. The maximum Gasteiger partial charge on any atom is 0.453 e. The summed E-state index contributed by atoms with van der Waals surface area (Å²) in [4.78, 5) is 27.6. The predicted molar refractivity (Wildman–Crippen MR) is 130 cm³/mol. The van der Waals surface area contributed by atoms with Crippen LogP contribution in [-0.4, -0.2) is 81.8 Å². The first-order chi connectivity index (χ1) is 17.4. The maximum atomic E-state index is 12.5. The molecule has 5 rings (SSSR count). The van der Waals surface area contributed by atoms with Crippen molar-refractivity contribution in [1.29, 1.82) is 0 Å². The van der Waals surface area contributed by atoms with Crippen LogP contribution in [0.1, 0.15) is 58.1 Å². The number of imidazole rings is 1. The fourth-order valence-corrected chi connectivity index (χ4v) is 4.30. The quantitative estimate of drug-likeness (QED) is 0.355. The van der Waals surface area contributed by atoms with Crippen LogP contribution in [0.25, 0.3) is 17.0 Å². The van der Waals surface area contributed by atoms with E-state index in [1.54, 1.807) is 27.9 Å². The number of amides is 1. The van der Waals surface area contributed by atoms with E-state index in [0.717, 1.165) is 25.7 Å². The fourth-order valence-electron chi connectivity index (χ4n) is 4.30. The lowest BCUT2D eigenvalue weighted by atomic mass is 10.1. The molecular formula is C24H31N7O6. The van der Waals surface area contributed by atoms with Gasteiger partial charge in [-0.25, -0.2) is 24.3 Å². The molecule has 0 radical (unpaired) electrons. The minimum Gasteiger partial charge on any atom is -0.444 e. The van der Waals surface area contributed by atoms with Gasteiger partial charge < -0.3 is 35.0 Å². The van der Waals surface area contributed by atoms with E-state index in [0.29, 0.717) is 41.8 Å². The van der Waals surface area contributed by atoms with Crippen molar-refractivity contribution in [3.8, 4) is 17.1 Å². The second-order valence-corrected chi connectivity index (χ2v) is 10.4. The van der Waals surface area contributed by atoms with Crippen molar-refractivity contribution >= 4 is 17.7 Å². The molecule has 13 heteroatoms. The van der Waals surface area contributed by atoms with Gasteiger partial charge in [0.25, 0.3) is 0 Å². The van der Waals surface area contributed by atoms with Crippen LogP contribution in [0.2, 0.25) is 0 Å². The number of likely N-dealkylation sites (tertiary alicyclic amines) is 1. The SMILES string of the molecule is CC(C)(C)OC(=O)N1CCCC(Nc2nccc(-c3cnc4cc(OC(O)(O)O)c(C5CC5)nn34)n2)C1. The molecule has 37 heavy (non-hydrogen) atoms. The van der Waals surface area contributed by atoms with E-state index < -0.39 is 11.8 Å². The van der Waals surface area contributed by atoms with Gasteiger partial charge in [0.05, 0.1) is 11.9 Å². The zero-order valence-corrected chi connectivity index (χ0v) is 21.0. The third-order valence-corrected chi connectivity index (χ3v) is 6.02. The van der Waals surface area contributed by atoms with Gasteiger partial charge in [0.2, 0.25) is 5.95 Å². The van der Waals surface area contributed by atoms with Crippen molar-refractivity contribution in [3.63, 3.8) is 0 Å². The lowest BCUT2D eigenvalue weighted by molar-refractivity contribution is -0.419. The van der Waals surface area contributed by atoms with E-state index in [4.69, 9.17) is 9.47 Å². The first-order valence-corrected chi connectivity index (χ1v) is 12.3. The largest absolute Gasteiger partial charge is 0.453 e. The summed E-state index contributed by atoms with van der Waals surface area (Å²) < 4.78 is 12.0. The van der Waals surface area contributed by atoms with Gasteiger partial charge in [-0.05, 0) is 52.5 Å². The number of ether oxygens (including phenoxy) is 2. The Morgan fingerprint density at radius 1 is 1.16 bits per heavy atom. The number of carbonyl (C=O) groups excluding carboxylic acids is 1. The van der Waals surface area contributed by atoms with Crippen molar-refractivity contribution in [1.82, 2.24) is 29.5 Å². The molecule has 3 aromatic heterocycles. The number of nitrogens with zero attached hydrogens (tertiary/aromatic N) is 6. The molecule has 4 heterocycles. The highest BCUT2D eigenvalue weighted by molar-refractivity contribution is 5.68. The predicted octanol–water partition coefficient (Wildman–Crippen LogP) is 1.84. The monoisotopic (exact) mass is 513 g/mol. The number of carbonyl (C=O) groups is 1. The highest BCUT2D eigenvalue weighted by Gasteiger charge is 2.33. The molecule has 1 saturated heterocycles. The van der Waals surface area contributed by atoms with Crippen LogP contribution < -0.4 is 10.1 Å². The van der Waals surface area contributed by atoms with Crippen LogP contribution in [0.4, 0.5) is 10.7 Å². The van der Waals surface area contributed by atoms with Crippen molar-refractivity contribution in [3.05, 3.63) is 30.2 Å². The number of piperidine rings is 1. The molecule has 0 spiro atoms. The van der Waals surface area contributed by atoms with Gasteiger partial charge in [0, 0.05) is 37.3 Å². The van der Waals surface area contributed by atoms with E-state index in [9.17, 15) is 20.1 Å². The minimum atomic E-state index is -3.31. The molecular weight excluding hydrogens is 482 g/mol. The number of rotatable bonds is 6. The summed E-state index contributed by atoms with van der Waals surface area (Å²) in [6.07, 6.45) is 3.03. The minimum absolute atomic E-state index is 0.0336. The van der Waals surface area contributed by atoms with Crippen LogP contribution in [0.3, 0.4) is 0 Å². The molecule has 1 saturated carbocycles.